The number of hydrogen-bond acceptors (Lipinski definition) is 1. The van der Waals surface area contributed by atoms with Crippen molar-refractivity contribution in [2.45, 2.75) is 51.5 Å². The molecular formula is C11H22ClN. The Bertz CT molecular complexity index is 121. The van der Waals surface area contributed by atoms with Crippen LogP contribution in [0.25, 0.3) is 0 Å². The van der Waals surface area contributed by atoms with Crippen LogP contribution in [0.1, 0.15) is 45.4 Å². The van der Waals surface area contributed by atoms with E-state index in [-0.39, 0.29) is 0 Å². The van der Waals surface area contributed by atoms with Gasteiger partial charge in [-0.1, -0.05) is 26.2 Å². The molecule has 2 heteroatoms. The van der Waals surface area contributed by atoms with Crippen LogP contribution in [0.4, 0.5) is 0 Å². The molecule has 78 valence electrons. The number of halogens is 1. The number of nitrogens with zero attached hydrogens (tertiary/aromatic N) is 1. The lowest BCUT2D eigenvalue weighted by Crippen LogP contribution is -2.35. The van der Waals surface area contributed by atoms with Crippen molar-refractivity contribution in [3.05, 3.63) is 0 Å². The van der Waals surface area contributed by atoms with Crippen molar-refractivity contribution < 1.29 is 0 Å². The Morgan fingerprint density at radius 2 is 1.92 bits per heavy atom. The van der Waals surface area contributed by atoms with Gasteiger partial charge in [-0.2, -0.15) is 0 Å². The van der Waals surface area contributed by atoms with Gasteiger partial charge in [0, 0.05) is 18.5 Å². The summed E-state index contributed by atoms with van der Waals surface area (Å²) in [7, 11) is 0. The Balaban J connectivity index is 2.26. The highest BCUT2D eigenvalue weighted by atomic mass is 35.5. The second-order valence-electron chi connectivity index (χ2n) is 4.02. The normalized spacial score (nSPS) is 18.7. The van der Waals surface area contributed by atoms with Crippen LogP contribution < -0.4 is 0 Å². The third-order valence-electron chi connectivity index (χ3n) is 3.01. The van der Waals surface area contributed by atoms with Crippen molar-refractivity contribution in [3.63, 3.8) is 0 Å². The molecule has 0 N–H and O–H groups in total. The van der Waals surface area contributed by atoms with E-state index in [0.29, 0.717) is 0 Å². The van der Waals surface area contributed by atoms with E-state index in [0.717, 1.165) is 18.5 Å². The quantitative estimate of drug-likeness (QED) is 0.599. The number of hydrogen-bond donors (Lipinski definition) is 0. The van der Waals surface area contributed by atoms with Crippen LogP contribution in [0.5, 0.6) is 0 Å². The van der Waals surface area contributed by atoms with E-state index in [9.17, 15) is 0 Å². The molecule has 0 heterocycles. The maximum absolute atomic E-state index is 5.81. The van der Waals surface area contributed by atoms with Crippen molar-refractivity contribution in [2.75, 3.05) is 19.0 Å². The summed E-state index contributed by atoms with van der Waals surface area (Å²) in [5, 5.41) is 0. The van der Waals surface area contributed by atoms with E-state index in [4.69, 9.17) is 11.6 Å². The molecule has 0 unspecified atom stereocenters. The summed E-state index contributed by atoms with van der Waals surface area (Å²) in [4.78, 5) is 2.60. The topological polar surface area (TPSA) is 3.24 Å². The van der Waals surface area contributed by atoms with Crippen molar-refractivity contribution in [1.82, 2.24) is 4.90 Å². The molecule has 0 saturated heterocycles. The third-order valence-corrected chi connectivity index (χ3v) is 3.18. The monoisotopic (exact) mass is 203 g/mol. The van der Waals surface area contributed by atoms with Gasteiger partial charge in [0.2, 0.25) is 0 Å². The van der Waals surface area contributed by atoms with Crippen molar-refractivity contribution in [2.24, 2.45) is 0 Å². The smallest absolute Gasteiger partial charge is 0.0351 e. The van der Waals surface area contributed by atoms with Crippen LogP contribution >= 0.6 is 11.6 Å². The second-order valence-corrected chi connectivity index (χ2v) is 4.39. The fourth-order valence-electron chi connectivity index (χ4n) is 2.22. The molecule has 1 saturated carbocycles. The van der Waals surface area contributed by atoms with Crippen LogP contribution in [0.2, 0.25) is 0 Å². The molecule has 1 rings (SSSR count). The summed E-state index contributed by atoms with van der Waals surface area (Å²) in [6.07, 6.45) is 8.28. The van der Waals surface area contributed by atoms with Crippen LogP contribution in [0.15, 0.2) is 0 Å². The first kappa shape index (κ1) is 11.3. The largest absolute Gasteiger partial charge is 0.299 e. The Labute approximate surface area is 87.4 Å². The molecule has 0 aromatic rings. The molecule has 1 aliphatic carbocycles. The number of unbranched alkanes of at least 4 members (excludes halogenated alkanes) is 1. The van der Waals surface area contributed by atoms with E-state index in [1.54, 1.807) is 0 Å². The van der Waals surface area contributed by atoms with Gasteiger partial charge in [0.15, 0.2) is 0 Å². The first-order valence-corrected chi connectivity index (χ1v) is 6.22. The highest BCUT2D eigenvalue weighted by Crippen LogP contribution is 2.23. The van der Waals surface area contributed by atoms with E-state index in [1.165, 1.54) is 45.1 Å². The van der Waals surface area contributed by atoms with E-state index in [1.807, 2.05) is 0 Å². The highest BCUT2D eigenvalue weighted by molar-refractivity contribution is 6.18. The molecule has 0 atom stereocenters. The summed E-state index contributed by atoms with van der Waals surface area (Å²) < 4.78 is 0. The molecule has 13 heavy (non-hydrogen) atoms. The predicted octanol–water partition coefficient (Wildman–Crippen LogP) is 3.27. The molecule has 0 bridgehead atoms. The molecule has 0 aromatic heterocycles. The van der Waals surface area contributed by atoms with Gasteiger partial charge in [0.1, 0.15) is 0 Å². The Morgan fingerprint density at radius 3 is 2.46 bits per heavy atom. The average molecular weight is 204 g/mol. The fraction of sp³-hybridized carbons (Fsp3) is 1.00. The minimum atomic E-state index is 0.792. The van der Waals surface area contributed by atoms with E-state index < -0.39 is 0 Å². The summed E-state index contributed by atoms with van der Waals surface area (Å²) in [5.74, 6) is 0.792. The number of rotatable bonds is 6. The average Bonchev–Trinajstić information content (AvgIpc) is 2.65. The molecule has 1 aliphatic rings. The fourth-order valence-corrected chi connectivity index (χ4v) is 2.43. The molecule has 1 fully saturated rings. The van der Waals surface area contributed by atoms with Gasteiger partial charge in [0.05, 0.1) is 0 Å². The zero-order valence-electron chi connectivity index (χ0n) is 8.77. The van der Waals surface area contributed by atoms with Gasteiger partial charge in [0.25, 0.3) is 0 Å². The van der Waals surface area contributed by atoms with E-state index in [2.05, 4.69) is 11.8 Å². The Hall–Kier alpha value is 0.250. The minimum Gasteiger partial charge on any atom is -0.299 e. The van der Waals surface area contributed by atoms with E-state index >= 15 is 0 Å². The molecule has 0 aromatic carbocycles. The van der Waals surface area contributed by atoms with Gasteiger partial charge in [-0.3, -0.25) is 4.90 Å². The van der Waals surface area contributed by atoms with Crippen molar-refractivity contribution >= 4 is 11.6 Å². The summed E-state index contributed by atoms with van der Waals surface area (Å²) in [6.45, 7) is 4.60. The lowest BCUT2D eigenvalue weighted by atomic mass is 10.2. The standard InChI is InChI=1S/C11H22ClN/c1-2-3-9-13(10-8-12)11-6-4-5-7-11/h11H,2-10H2,1H3. The lowest BCUT2D eigenvalue weighted by molar-refractivity contribution is 0.207. The second kappa shape index (κ2) is 6.67. The molecule has 0 spiro atoms. The van der Waals surface area contributed by atoms with Crippen molar-refractivity contribution in [1.29, 1.82) is 0 Å². The zero-order valence-corrected chi connectivity index (χ0v) is 9.52. The van der Waals surface area contributed by atoms with Crippen LogP contribution in [-0.2, 0) is 0 Å². The maximum Gasteiger partial charge on any atom is 0.0351 e. The lowest BCUT2D eigenvalue weighted by Gasteiger charge is -2.27. The molecule has 1 nitrogen and oxygen atoms in total. The van der Waals surface area contributed by atoms with Crippen LogP contribution in [0.3, 0.4) is 0 Å². The van der Waals surface area contributed by atoms with Crippen LogP contribution in [0, 0.1) is 0 Å². The summed E-state index contributed by atoms with van der Waals surface area (Å²) >= 11 is 5.81. The first-order chi connectivity index (χ1) is 6.38. The number of alkyl halides is 1. The SMILES string of the molecule is CCCCN(CCCl)C1CCCC1. The van der Waals surface area contributed by atoms with Crippen molar-refractivity contribution in [3.8, 4) is 0 Å². The first-order valence-electron chi connectivity index (χ1n) is 5.68. The third kappa shape index (κ3) is 3.86. The van der Waals surface area contributed by atoms with Gasteiger partial charge in [-0.05, 0) is 25.8 Å². The Kier molecular flexibility index (Phi) is 5.81. The van der Waals surface area contributed by atoms with Gasteiger partial charge in [-0.25, -0.2) is 0 Å². The Morgan fingerprint density at radius 1 is 1.23 bits per heavy atom. The molecule has 0 amide bonds. The maximum atomic E-state index is 5.81. The van der Waals surface area contributed by atoms with Gasteiger partial charge >= 0.3 is 0 Å². The molecular weight excluding hydrogens is 182 g/mol. The summed E-state index contributed by atoms with van der Waals surface area (Å²) in [5.41, 5.74) is 0. The zero-order chi connectivity index (χ0) is 9.52. The highest BCUT2D eigenvalue weighted by Gasteiger charge is 2.21. The van der Waals surface area contributed by atoms with Crippen LogP contribution in [-0.4, -0.2) is 29.9 Å². The summed E-state index contributed by atoms with van der Waals surface area (Å²) in [6, 6.07) is 0.852. The van der Waals surface area contributed by atoms with Gasteiger partial charge in [-0.15, -0.1) is 11.6 Å². The molecule has 0 aliphatic heterocycles. The van der Waals surface area contributed by atoms with Gasteiger partial charge < -0.3 is 0 Å². The molecule has 0 radical (unpaired) electrons. The predicted molar refractivity (Wildman–Crippen MR) is 59.5 cm³/mol. The minimum absolute atomic E-state index is 0.792.